The van der Waals surface area contributed by atoms with Gasteiger partial charge < -0.3 is 50.4 Å². The molecule has 1 aliphatic carbocycles. The summed E-state index contributed by atoms with van der Waals surface area (Å²) in [5.74, 6) is -6.55. The minimum atomic E-state index is -3.86. The van der Waals surface area contributed by atoms with Crippen LogP contribution in [0.3, 0.4) is 0 Å². The van der Waals surface area contributed by atoms with E-state index in [1.807, 2.05) is 27.7 Å². The molecule has 2 fully saturated rings. The van der Waals surface area contributed by atoms with Crippen molar-refractivity contribution >= 4 is 69.1 Å². The molecule has 0 aromatic heterocycles. The second-order valence-electron chi connectivity index (χ2n) is 22.3. The van der Waals surface area contributed by atoms with Gasteiger partial charge in [-0.25, -0.2) is 13.2 Å². The number of rotatable bonds is 32. The fourth-order valence-corrected chi connectivity index (χ4v) is 11.3. The predicted molar refractivity (Wildman–Crippen MR) is 295 cm³/mol. The number of sulfonamides is 1. The molecule has 79 heavy (non-hydrogen) atoms. The van der Waals surface area contributed by atoms with Gasteiger partial charge in [-0.15, -0.1) is 0 Å². The lowest BCUT2D eigenvalue weighted by molar-refractivity contribution is -0.148. The van der Waals surface area contributed by atoms with Gasteiger partial charge in [-0.2, -0.15) is 0 Å². The van der Waals surface area contributed by atoms with Gasteiger partial charge in [0.05, 0.1) is 41.9 Å². The smallest absolute Gasteiger partial charge is 0.410 e. The lowest BCUT2D eigenvalue weighted by atomic mass is 9.89. The highest BCUT2D eigenvalue weighted by Crippen LogP contribution is 2.31. The van der Waals surface area contributed by atoms with E-state index in [1.165, 1.54) is 38.0 Å². The molecule has 10 unspecified atom stereocenters. The average molecular weight is 1140 g/mol. The Kier molecular flexibility index (Phi) is 26.6. The first-order valence-corrected chi connectivity index (χ1v) is 29.1. The first-order chi connectivity index (χ1) is 37.0. The fourth-order valence-electron chi connectivity index (χ4n) is 9.96. The van der Waals surface area contributed by atoms with Crippen LogP contribution >= 0.6 is 0 Å². The Hall–Kier alpha value is -5.88. The van der Waals surface area contributed by atoms with E-state index in [2.05, 4.69) is 26.0 Å². The molecule has 8 amide bonds. The van der Waals surface area contributed by atoms with Gasteiger partial charge in [0.2, 0.25) is 45.5 Å². The van der Waals surface area contributed by atoms with Crippen molar-refractivity contribution in [1.82, 2.24) is 35.4 Å². The summed E-state index contributed by atoms with van der Waals surface area (Å²) in [6.45, 7) is 18.1. The molecule has 23 nitrogen and oxygen atoms in total. The largest absolute Gasteiger partial charge is 0.481 e. The van der Waals surface area contributed by atoms with Crippen molar-refractivity contribution in [3.05, 3.63) is 29.8 Å². The Bertz CT molecular complexity index is 2370. The molecule has 24 heteroatoms. The number of carbonyl (C=O) groups is 9. The quantitative estimate of drug-likeness (QED) is 0.0590. The van der Waals surface area contributed by atoms with Crippen LogP contribution in [-0.4, -0.2) is 170 Å². The van der Waals surface area contributed by atoms with E-state index in [4.69, 9.17) is 19.3 Å². The number of carboxylic acids is 1. The number of carboxylic acid groups (broad SMARTS) is 1. The van der Waals surface area contributed by atoms with Gasteiger partial charge in [0.15, 0.2) is 0 Å². The Labute approximate surface area is 467 Å². The number of nitrogens with one attached hydrogen (secondary N) is 5. The van der Waals surface area contributed by atoms with E-state index in [1.54, 1.807) is 70.8 Å². The minimum absolute atomic E-state index is 0.0360. The van der Waals surface area contributed by atoms with Crippen LogP contribution in [0.2, 0.25) is 0 Å². The zero-order valence-corrected chi connectivity index (χ0v) is 49.6. The van der Waals surface area contributed by atoms with Crippen LogP contribution in [0, 0.1) is 29.6 Å². The number of carbonyl (C=O) groups excluding carboxylic acids is 8. The topological polar surface area (TPSA) is 306 Å². The number of likely N-dealkylation sites (tertiary alicyclic amines) is 1. The third-order valence-corrected chi connectivity index (χ3v) is 16.6. The van der Waals surface area contributed by atoms with E-state index < -0.39 is 129 Å². The first-order valence-electron chi connectivity index (χ1n) is 27.6. The monoisotopic (exact) mass is 1130 g/mol. The molecule has 1 heterocycles. The summed E-state index contributed by atoms with van der Waals surface area (Å²) < 4.78 is 45.0. The summed E-state index contributed by atoms with van der Waals surface area (Å²) in [5, 5.41) is 19.1. The average Bonchev–Trinajstić information content (AvgIpc) is 4.18. The number of amides is 8. The van der Waals surface area contributed by atoms with Crippen LogP contribution in [0.25, 0.3) is 0 Å². The van der Waals surface area contributed by atoms with Gasteiger partial charge in [-0.05, 0) is 86.8 Å². The van der Waals surface area contributed by atoms with E-state index in [0.717, 1.165) is 0 Å². The van der Waals surface area contributed by atoms with Crippen molar-refractivity contribution in [2.24, 2.45) is 29.6 Å². The van der Waals surface area contributed by atoms with Crippen LogP contribution in [-0.2, 0) is 69.2 Å². The number of nitrogens with zero attached hydrogens (tertiary/aromatic N) is 3. The maximum Gasteiger partial charge on any atom is 0.410 e. The van der Waals surface area contributed by atoms with Gasteiger partial charge in [0.1, 0.15) is 30.8 Å². The van der Waals surface area contributed by atoms with Crippen LogP contribution in [0.1, 0.15) is 139 Å². The van der Waals surface area contributed by atoms with Crippen molar-refractivity contribution in [3.8, 4) is 0 Å². The van der Waals surface area contributed by atoms with Crippen molar-refractivity contribution in [1.29, 1.82) is 0 Å². The zero-order chi connectivity index (χ0) is 59.6. The predicted octanol–water partition coefficient (Wildman–Crippen LogP) is 4.18. The fraction of sp³-hybridized carbons (Fsp3) is 0.727. The van der Waals surface area contributed by atoms with E-state index >= 15 is 0 Å². The molecular formula is C55H90N8O15S. The number of aliphatic carboxylic acids is 1. The highest BCUT2D eigenvalue weighted by molar-refractivity contribution is 7.90. The van der Waals surface area contributed by atoms with Gasteiger partial charge in [-0.1, -0.05) is 80.9 Å². The lowest BCUT2D eigenvalue weighted by Crippen LogP contribution is -2.60. The van der Waals surface area contributed by atoms with Crippen molar-refractivity contribution < 1.29 is 70.9 Å². The third kappa shape index (κ3) is 20.0. The van der Waals surface area contributed by atoms with Crippen LogP contribution in [0.5, 0.6) is 0 Å². The first kappa shape index (κ1) is 67.4. The third-order valence-electron chi connectivity index (χ3n) is 14.8. The molecule has 10 atom stereocenters. The second kappa shape index (κ2) is 31.2. The van der Waals surface area contributed by atoms with Crippen LogP contribution in [0.15, 0.2) is 24.3 Å². The molecule has 0 radical (unpaired) electrons. The summed E-state index contributed by atoms with van der Waals surface area (Å²) >= 11 is 0. The van der Waals surface area contributed by atoms with Gasteiger partial charge >= 0.3 is 12.1 Å². The molecule has 2 aliphatic rings. The number of methoxy groups -OCH3 is 2. The molecule has 446 valence electrons. The SMILES string of the molecule is CCC(C)C(C(CC(=O)N1CCCC1C(OC)C(C)C(=O)NC(CC(C)C)C(=O)NS(=O)(=O)C1CC1)OC)N(C)C(=O)C(NC(=O)C(C(C)C)N(C)C(=O)OCc1ccc(NC(=O)C(C)NC(=O)CCCC(=O)O)cc1)C(C)C. The van der Waals surface area contributed by atoms with Gasteiger partial charge in [-0.3, -0.25) is 48.0 Å². The van der Waals surface area contributed by atoms with Crippen molar-refractivity contribution in [2.45, 2.75) is 194 Å². The lowest BCUT2D eigenvalue weighted by Gasteiger charge is -2.41. The highest BCUT2D eigenvalue weighted by Gasteiger charge is 2.45. The Morgan fingerprint density at radius 1 is 0.772 bits per heavy atom. The standard InChI is InChI=1S/C55H90N8O15S/c1-15-34(8)48(42(76-13)29-44(65)63-27-17-18-41(63)49(77-14)35(9)50(68)58-40(28-31(2)3)52(70)60-79(74,75)39-25-26-39)61(11)54(72)46(32(4)5)59-53(71)47(33(6)7)62(12)55(73)78-30-37-21-23-38(24-22-37)57-51(69)36(10)56-43(64)19-16-20-45(66)67/h21-24,31-36,39-42,46-49H,15-20,25-30H2,1-14H3,(H,56,64)(H,57,69)(H,58,68)(H,59,71)(H,60,70)(H,66,67). The maximum atomic E-state index is 14.7. The normalized spacial score (nSPS) is 18.0. The maximum absolute atomic E-state index is 14.7. The van der Waals surface area contributed by atoms with Crippen LogP contribution < -0.4 is 26.0 Å². The molecule has 1 aromatic carbocycles. The Balaban J connectivity index is 1.70. The second-order valence-corrected chi connectivity index (χ2v) is 24.3. The van der Waals surface area contributed by atoms with E-state index in [9.17, 15) is 51.6 Å². The summed E-state index contributed by atoms with van der Waals surface area (Å²) in [5.41, 5.74) is 0.981. The molecule has 1 saturated carbocycles. The van der Waals surface area contributed by atoms with Gasteiger partial charge in [0, 0.05) is 53.4 Å². The van der Waals surface area contributed by atoms with Crippen LogP contribution in [0.4, 0.5) is 10.5 Å². The number of likely N-dealkylation sites (N-methyl/N-ethyl adjacent to an activating group) is 2. The summed E-state index contributed by atoms with van der Waals surface area (Å²) in [6, 6.07) is 1.13. The zero-order valence-electron chi connectivity index (χ0n) is 48.8. The van der Waals surface area contributed by atoms with Crippen molar-refractivity contribution in [3.63, 3.8) is 0 Å². The summed E-state index contributed by atoms with van der Waals surface area (Å²) in [7, 11) is 2.11. The molecule has 1 aliphatic heterocycles. The molecule has 0 spiro atoms. The Morgan fingerprint density at radius 3 is 1.94 bits per heavy atom. The van der Waals surface area contributed by atoms with E-state index in [0.29, 0.717) is 49.9 Å². The number of ether oxygens (including phenoxy) is 3. The number of anilines is 1. The van der Waals surface area contributed by atoms with Crippen molar-refractivity contribution in [2.75, 3.05) is 40.2 Å². The molecule has 1 saturated heterocycles. The van der Waals surface area contributed by atoms with E-state index in [-0.39, 0.29) is 56.5 Å². The summed E-state index contributed by atoms with van der Waals surface area (Å²) in [4.78, 5) is 124. The molecule has 0 bridgehead atoms. The number of hydrogen-bond acceptors (Lipinski definition) is 14. The number of benzene rings is 1. The molecule has 6 N–H and O–H groups in total. The molecular weight excluding hydrogens is 1040 g/mol. The number of hydrogen-bond donors (Lipinski definition) is 6. The highest BCUT2D eigenvalue weighted by atomic mass is 32.2. The molecule has 3 rings (SSSR count). The molecule has 1 aromatic rings. The minimum Gasteiger partial charge on any atom is -0.481 e. The Morgan fingerprint density at radius 2 is 1.41 bits per heavy atom. The summed E-state index contributed by atoms with van der Waals surface area (Å²) in [6.07, 6.45) is 0.274. The van der Waals surface area contributed by atoms with Gasteiger partial charge in [0.25, 0.3) is 5.91 Å².